The van der Waals surface area contributed by atoms with Crippen LogP contribution in [0, 0.1) is 0 Å². The minimum Gasteiger partial charge on any atom is -0.438 e. The largest absolute Gasteiger partial charge is 0.438 e. The smallest absolute Gasteiger partial charge is 0.287 e. The third-order valence-corrected chi connectivity index (χ3v) is 4.11. The van der Waals surface area contributed by atoms with Gasteiger partial charge in [0.05, 0.1) is 6.54 Å². The highest BCUT2D eigenvalue weighted by atomic mass is 32.2. The number of nitrogens with zero attached hydrogens (tertiary/aromatic N) is 3. The zero-order chi connectivity index (χ0) is 14.8. The minimum atomic E-state index is -3.69. The van der Waals surface area contributed by atoms with Crippen LogP contribution < -0.4 is 5.32 Å². The summed E-state index contributed by atoms with van der Waals surface area (Å²) >= 11 is 0. The molecule has 0 unspecified atom stereocenters. The second kappa shape index (κ2) is 5.43. The fourth-order valence-corrected chi connectivity index (χ4v) is 2.12. The van der Waals surface area contributed by atoms with Crippen LogP contribution in [-0.4, -0.2) is 47.9 Å². The van der Waals surface area contributed by atoms with Crippen molar-refractivity contribution in [3.8, 4) is 0 Å². The van der Waals surface area contributed by atoms with Crippen LogP contribution in [-0.2, 0) is 16.6 Å². The molecule has 1 amide bonds. The number of rotatable bonds is 5. The highest BCUT2D eigenvalue weighted by molar-refractivity contribution is 7.88. The molecule has 2 aromatic rings. The first kappa shape index (κ1) is 14.2. The molecule has 108 valence electrons. The number of hydrogen-bond acceptors (Lipinski definition) is 6. The Morgan fingerprint density at radius 1 is 1.45 bits per heavy atom. The van der Waals surface area contributed by atoms with Gasteiger partial charge in [-0.3, -0.25) is 9.89 Å². The molecule has 9 nitrogen and oxygen atoms in total. The highest BCUT2D eigenvalue weighted by Gasteiger charge is 2.23. The van der Waals surface area contributed by atoms with E-state index in [1.807, 2.05) is 0 Å². The highest BCUT2D eigenvalue weighted by Crippen LogP contribution is 2.16. The number of H-pyrrole nitrogens is 1. The van der Waals surface area contributed by atoms with Gasteiger partial charge in [0.2, 0.25) is 5.09 Å². The number of aromatic amines is 1. The van der Waals surface area contributed by atoms with Gasteiger partial charge in [-0.2, -0.15) is 5.10 Å². The topological polar surface area (TPSA) is 121 Å². The molecular formula is C10H13N5O4S. The summed E-state index contributed by atoms with van der Waals surface area (Å²) in [5.41, 5.74) is 0. The number of sulfonamides is 1. The Morgan fingerprint density at radius 3 is 2.80 bits per heavy atom. The quantitative estimate of drug-likeness (QED) is 0.773. The molecule has 0 aromatic carbocycles. The fraction of sp³-hybridized carbons (Fsp3) is 0.300. The maximum absolute atomic E-state index is 11.8. The van der Waals surface area contributed by atoms with Crippen LogP contribution in [0.1, 0.15) is 16.4 Å². The van der Waals surface area contributed by atoms with Crippen molar-refractivity contribution >= 4 is 15.9 Å². The molecule has 10 heteroatoms. The van der Waals surface area contributed by atoms with Crippen molar-refractivity contribution in [2.75, 3.05) is 14.1 Å². The van der Waals surface area contributed by atoms with Crippen LogP contribution >= 0.6 is 0 Å². The molecule has 0 saturated heterocycles. The zero-order valence-electron chi connectivity index (χ0n) is 10.8. The van der Waals surface area contributed by atoms with Gasteiger partial charge in [0.15, 0.2) is 5.76 Å². The van der Waals surface area contributed by atoms with E-state index < -0.39 is 15.9 Å². The van der Waals surface area contributed by atoms with E-state index >= 15 is 0 Å². The van der Waals surface area contributed by atoms with Crippen LogP contribution in [0.4, 0.5) is 0 Å². The summed E-state index contributed by atoms with van der Waals surface area (Å²) in [6, 6.07) is 2.53. The summed E-state index contributed by atoms with van der Waals surface area (Å²) in [4.78, 5) is 15.6. The lowest BCUT2D eigenvalue weighted by molar-refractivity contribution is 0.0916. The van der Waals surface area contributed by atoms with Crippen LogP contribution in [0.25, 0.3) is 0 Å². The van der Waals surface area contributed by atoms with Crippen molar-refractivity contribution in [3.05, 3.63) is 30.0 Å². The molecule has 0 fully saturated rings. The predicted molar refractivity (Wildman–Crippen MR) is 67.1 cm³/mol. The lowest BCUT2D eigenvalue weighted by Crippen LogP contribution is -2.23. The van der Waals surface area contributed by atoms with Crippen LogP contribution in [0.2, 0.25) is 0 Å². The number of aromatic nitrogens is 3. The summed E-state index contributed by atoms with van der Waals surface area (Å²) in [6.45, 7) is 0.134. The maximum atomic E-state index is 11.8. The third-order valence-electron chi connectivity index (χ3n) is 2.42. The van der Waals surface area contributed by atoms with Crippen molar-refractivity contribution in [1.29, 1.82) is 0 Å². The lowest BCUT2D eigenvalue weighted by atomic mass is 10.4. The van der Waals surface area contributed by atoms with E-state index in [9.17, 15) is 13.2 Å². The molecule has 2 heterocycles. The number of hydrogen-bond donors (Lipinski definition) is 2. The molecule has 0 radical (unpaired) electrons. The van der Waals surface area contributed by atoms with Gasteiger partial charge >= 0.3 is 0 Å². The monoisotopic (exact) mass is 299 g/mol. The normalized spacial score (nSPS) is 11.8. The van der Waals surface area contributed by atoms with Gasteiger partial charge in [0.1, 0.15) is 12.2 Å². The molecule has 2 rings (SSSR count). The van der Waals surface area contributed by atoms with E-state index in [0.717, 1.165) is 4.31 Å². The van der Waals surface area contributed by atoms with Crippen molar-refractivity contribution in [3.63, 3.8) is 0 Å². The van der Waals surface area contributed by atoms with Gasteiger partial charge in [-0.25, -0.2) is 17.7 Å². The van der Waals surface area contributed by atoms with Crippen molar-refractivity contribution in [2.24, 2.45) is 0 Å². The van der Waals surface area contributed by atoms with E-state index in [2.05, 4.69) is 20.5 Å². The van der Waals surface area contributed by atoms with Gasteiger partial charge < -0.3 is 9.73 Å². The van der Waals surface area contributed by atoms with Crippen LogP contribution in [0.5, 0.6) is 0 Å². The molecule has 0 saturated carbocycles. The van der Waals surface area contributed by atoms with Gasteiger partial charge in [-0.1, -0.05) is 0 Å². The minimum absolute atomic E-state index is 0.0926. The Kier molecular flexibility index (Phi) is 3.86. The molecule has 20 heavy (non-hydrogen) atoms. The second-order valence-corrected chi connectivity index (χ2v) is 6.10. The number of carbonyl (C=O) groups is 1. The number of carbonyl (C=O) groups excluding carboxylic acids is 1. The van der Waals surface area contributed by atoms with E-state index in [1.54, 1.807) is 0 Å². The second-order valence-electron chi connectivity index (χ2n) is 4.02. The average Bonchev–Trinajstić information content (AvgIpc) is 3.07. The Bertz CT molecular complexity index is 689. The Morgan fingerprint density at radius 2 is 2.20 bits per heavy atom. The number of nitrogens with one attached hydrogen (secondary N) is 2. The fourth-order valence-electron chi connectivity index (χ4n) is 1.33. The third kappa shape index (κ3) is 2.86. The maximum Gasteiger partial charge on any atom is 0.287 e. The zero-order valence-corrected chi connectivity index (χ0v) is 11.6. The SMILES string of the molecule is CN(C)S(=O)(=O)c1ccc(C(=O)NCc2ncn[nH]2)o1. The predicted octanol–water partition coefficient (Wildman–Crippen LogP) is -0.422. The van der Waals surface area contributed by atoms with Crippen LogP contribution in [0.15, 0.2) is 28.0 Å². The molecule has 0 aliphatic rings. The van der Waals surface area contributed by atoms with Gasteiger partial charge in [0.25, 0.3) is 15.9 Å². The molecule has 2 aromatic heterocycles. The summed E-state index contributed by atoms with van der Waals surface area (Å²) in [5, 5.41) is 8.45. The summed E-state index contributed by atoms with van der Waals surface area (Å²) in [6.07, 6.45) is 1.32. The average molecular weight is 299 g/mol. The molecule has 0 spiro atoms. The molecule has 0 atom stereocenters. The van der Waals surface area contributed by atoms with Gasteiger partial charge in [-0.05, 0) is 12.1 Å². The first-order chi connectivity index (χ1) is 9.41. The lowest BCUT2D eigenvalue weighted by Gasteiger charge is -2.07. The van der Waals surface area contributed by atoms with Crippen molar-refractivity contribution in [2.45, 2.75) is 11.6 Å². The summed E-state index contributed by atoms with van der Waals surface area (Å²) in [5.74, 6) is -0.155. The molecule has 0 bridgehead atoms. The first-order valence-electron chi connectivity index (χ1n) is 5.56. The summed E-state index contributed by atoms with van der Waals surface area (Å²) < 4.78 is 29.6. The van der Waals surface area contributed by atoms with Crippen LogP contribution in [0.3, 0.4) is 0 Å². The van der Waals surface area contributed by atoms with E-state index in [1.165, 1.54) is 32.6 Å². The molecule has 0 aliphatic heterocycles. The van der Waals surface area contributed by atoms with E-state index in [-0.39, 0.29) is 17.4 Å². The van der Waals surface area contributed by atoms with Crippen molar-refractivity contribution in [1.82, 2.24) is 24.8 Å². The van der Waals surface area contributed by atoms with Gasteiger partial charge in [-0.15, -0.1) is 0 Å². The number of furan rings is 1. The number of amides is 1. The Labute approximate surface area is 115 Å². The Balaban J connectivity index is 2.07. The molecular weight excluding hydrogens is 286 g/mol. The van der Waals surface area contributed by atoms with Crippen molar-refractivity contribution < 1.29 is 17.6 Å². The van der Waals surface area contributed by atoms with Gasteiger partial charge in [0, 0.05) is 14.1 Å². The first-order valence-corrected chi connectivity index (χ1v) is 7.00. The Hall–Kier alpha value is -2.20. The van der Waals surface area contributed by atoms with E-state index in [0.29, 0.717) is 5.82 Å². The molecule has 2 N–H and O–H groups in total. The molecule has 0 aliphatic carbocycles. The van der Waals surface area contributed by atoms with E-state index in [4.69, 9.17) is 4.42 Å². The standard InChI is InChI=1S/C10H13N5O4S/c1-15(2)20(17,18)9-4-3-7(19-9)10(16)11-5-8-12-6-13-14-8/h3-4,6H,5H2,1-2H3,(H,11,16)(H,12,13,14). The summed E-state index contributed by atoms with van der Waals surface area (Å²) in [7, 11) is -0.937.